The Labute approximate surface area is 152 Å². The highest BCUT2D eigenvalue weighted by Crippen LogP contribution is 2.28. The van der Waals surface area contributed by atoms with Gasteiger partial charge in [0.1, 0.15) is 5.82 Å². The van der Waals surface area contributed by atoms with Gasteiger partial charge in [-0.05, 0) is 35.9 Å². The van der Waals surface area contributed by atoms with Crippen molar-refractivity contribution in [3.05, 3.63) is 70.1 Å². The van der Waals surface area contributed by atoms with E-state index < -0.39 is 24.0 Å². The molecule has 0 atom stereocenters. The molecule has 0 spiro atoms. The Hall–Kier alpha value is -2.99. The average Bonchev–Trinajstić information content (AvgIpc) is 2.93. The fraction of sp³-hybridized carbons (Fsp3) is 0.105. The number of halogens is 2. The van der Waals surface area contributed by atoms with Crippen molar-refractivity contribution in [2.75, 3.05) is 0 Å². The van der Waals surface area contributed by atoms with Gasteiger partial charge in [-0.1, -0.05) is 23.7 Å². The van der Waals surface area contributed by atoms with Crippen LogP contribution in [0.4, 0.5) is 4.39 Å². The summed E-state index contributed by atoms with van der Waals surface area (Å²) in [4.78, 5) is 37.9. The lowest BCUT2D eigenvalue weighted by Crippen LogP contribution is -2.17. The summed E-state index contributed by atoms with van der Waals surface area (Å²) in [6, 6.07) is 10.7. The van der Waals surface area contributed by atoms with Crippen LogP contribution in [0.2, 0.25) is 5.02 Å². The maximum atomic E-state index is 13.1. The summed E-state index contributed by atoms with van der Waals surface area (Å²) in [5.74, 6) is -3.82. The molecule has 3 aromatic rings. The number of ketones is 2. The van der Waals surface area contributed by atoms with E-state index in [-0.39, 0.29) is 17.8 Å². The van der Waals surface area contributed by atoms with Crippen molar-refractivity contribution in [2.24, 2.45) is 0 Å². The topological polar surface area (TPSA) is 87.2 Å². The quantitative estimate of drug-likeness (QED) is 0.391. The van der Waals surface area contributed by atoms with E-state index in [9.17, 15) is 18.8 Å². The van der Waals surface area contributed by atoms with Gasteiger partial charge < -0.3 is 10.1 Å². The van der Waals surface area contributed by atoms with Crippen LogP contribution in [0.15, 0.2) is 42.5 Å². The van der Waals surface area contributed by atoms with Crippen molar-refractivity contribution in [1.82, 2.24) is 4.98 Å². The number of hydrogen-bond donors (Lipinski definition) is 2. The fourth-order valence-corrected chi connectivity index (χ4v) is 2.96. The van der Waals surface area contributed by atoms with Crippen LogP contribution in [-0.2, 0) is 16.0 Å². The molecule has 0 radical (unpaired) electrons. The van der Waals surface area contributed by atoms with Crippen LogP contribution < -0.4 is 0 Å². The zero-order valence-corrected chi connectivity index (χ0v) is 14.1. The minimum atomic E-state index is -1.66. The third kappa shape index (κ3) is 3.65. The number of rotatable bonds is 6. The average molecular weight is 374 g/mol. The second kappa shape index (κ2) is 7.09. The summed E-state index contributed by atoms with van der Waals surface area (Å²) in [5, 5.41) is 9.67. The minimum absolute atomic E-state index is 0.224. The molecule has 26 heavy (non-hydrogen) atoms. The lowest BCUT2D eigenvalue weighted by atomic mass is 9.99. The van der Waals surface area contributed by atoms with Crippen molar-refractivity contribution in [3.8, 4) is 0 Å². The number of fused-ring (bicyclic) bond motifs is 1. The predicted molar refractivity (Wildman–Crippen MR) is 94.1 cm³/mol. The zero-order valence-electron chi connectivity index (χ0n) is 13.4. The molecular weight excluding hydrogens is 361 g/mol. The fourth-order valence-electron chi connectivity index (χ4n) is 2.79. The van der Waals surface area contributed by atoms with Crippen LogP contribution >= 0.6 is 11.6 Å². The number of carbonyl (C=O) groups is 3. The van der Waals surface area contributed by atoms with Gasteiger partial charge in [-0.25, -0.2) is 9.18 Å². The molecule has 0 saturated carbocycles. The summed E-state index contributed by atoms with van der Waals surface area (Å²) in [5.41, 5.74) is 2.12. The van der Waals surface area contributed by atoms with Crippen molar-refractivity contribution in [1.29, 1.82) is 0 Å². The first-order valence-electron chi connectivity index (χ1n) is 7.69. The summed E-state index contributed by atoms with van der Waals surface area (Å²) in [7, 11) is 0. The predicted octanol–water partition coefficient (Wildman–Crippen LogP) is 3.78. The largest absolute Gasteiger partial charge is 0.475 e. The number of aliphatic carboxylic acids is 1. The highest BCUT2D eigenvalue weighted by atomic mass is 35.5. The summed E-state index contributed by atoms with van der Waals surface area (Å²) in [6.07, 6.45) is -0.458. The van der Waals surface area contributed by atoms with Crippen molar-refractivity contribution in [3.63, 3.8) is 0 Å². The van der Waals surface area contributed by atoms with Gasteiger partial charge in [-0.2, -0.15) is 0 Å². The lowest BCUT2D eigenvalue weighted by Gasteiger charge is -2.04. The van der Waals surface area contributed by atoms with Gasteiger partial charge >= 0.3 is 5.97 Å². The molecule has 0 amide bonds. The van der Waals surface area contributed by atoms with Crippen LogP contribution in [0.5, 0.6) is 0 Å². The minimum Gasteiger partial charge on any atom is -0.475 e. The summed E-state index contributed by atoms with van der Waals surface area (Å²) >= 11 is 6.01. The molecule has 3 rings (SSSR count). The molecule has 0 aliphatic rings. The second-order valence-electron chi connectivity index (χ2n) is 5.80. The number of carboxylic acid groups (broad SMARTS) is 1. The molecule has 1 heterocycles. The maximum absolute atomic E-state index is 13.1. The maximum Gasteiger partial charge on any atom is 0.372 e. The number of aromatic nitrogens is 1. The summed E-state index contributed by atoms with van der Waals surface area (Å²) in [6.45, 7) is 0. The Morgan fingerprint density at radius 2 is 1.77 bits per heavy atom. The van der Waals surface area contributed by atoms with E-state index in [2.05, 4.69) is 4.98 Å². The van der Waals surface area contributed by atoms with Gasteiger partial charge in [0.25, 0.3) is 0 Å². The number of aromatic amines is 1. The second-order valence-corrected chi connectivity index (χ2v) is 6.24. The SMILES string of the molecule is O=C(O)C(=O)CC(=O)c1c(Cc2ccc(F)cc2)[nH]c2ccc(Cl)cc12. The van der Waals surface area contributed by atoms with Crippen LogP contribution in [0, 0.1) is 5.82 Å². The van der Waals surface area contributed by atoms with Gasteiger partial charge in [0, 0.05) is 33.6 Å². The first kappa shape index (κ1) is 17.8. The van der Waals surface area contributed by atoms with Crippen molar-refractivity contribution < 1.29 is 23.9 Å². The van der Waals surface area contributed by atoms with Gasteiger partial charge in [-0.3, -0.25) is 9.59 Å². The van der Waals surface area contributed by atoms with Gasteiger partial charge in [0.2, 0.25) is 5.78 Å². The Kier molecular flexibility index (Phi) is 4.86. The van der Waals surface area contributed by atoms with Crippen molar-refractivity contribution >= 4 is 40.0 Å². The van der Waals surface area contributed by atoms with Crippen LogP contribution in [0.3, 0.4) is 0 Å². The van der Waals surface area contributed by atoms with E-state index in [4.69, 9.17) is 16.7 Å². The van der Waals surface area contributed by atoms with E-state index in [0.29, 0.717) is 21.6 Å². The first-order chi connectivity index (χ1) is 12.3. The number of H-pyrrole nitrogens is 1. The number of carbonyl (C=O) groups excluding carboxylic acids is 2. The normalized spacial score (nSPS) is 10.8. The number of hydrogen-bond acceptors (Lipinski definition) is 3. The number of Topliss-reactive ketones (excluding diaryl/α,β-unsaturated/α-hetero) is 2. The molecule has 0 bridgehead atoms. The third-order valence-corrected chi connectivity index (χ3v) is 4.21. The Bertz CT molecular complexity index is 1020. The molecule has 0 fully saturated rings. The molecule has 132 valence electrons. The molecule has 2 aromatic carbocycles. The first-order valence-corrected chi connectivity index (χ1v) is 8.07. The van der Waals surface area contributed by atoms with E-state index in [0.717, 1.165) is 5.56 Å². The van der Waals surface area contributed by atoms with E-state index >= 15 is 0 Å². The molecule has 7 heteroatoms. The third-order valence-electron chi connectivity index (χ3n) is 3.97. The molecule has 0 aliphatic heterocycles. The van der Waals surface area contributed by atoms with Gasteiger partial charge in [-0.15, -0.1) is 0 Å². The number of nitrogens with one attached hydrogen (secondary N) is 1. The molecule has 0 saturated heterocycles. The lowest BCUT2D eigenvalue weighted by molar-refractivity contribution is -0.148. The number of benzene rings is 2. The molecule has 2 N–H and O–H groups in total. The van der Waals surface area contributed by atoms with E-state index in [1.165, 1.54) is 12.1 Å². The zero-order chi connectivity index (χ0) is 18.8. The Morgan fingerprint density at radius 3 is 2.42 bits per heavy atom. The van der Waals surface area contributed by atoms with Crippen LogP contribution in [0.1, 0.15) is 28.0 Å². The highest BCUT2D eigenvalue weighted by Gasteiger charge is 2.24. The van der Waals surface area contributed by atoms with Gasteiger partial charge in [0.15, 0.2) is 5.78 Å². The van der Waals surface area contributed by atoms with Crippen LogP contribution in [0.25, 0.3) is 10.9 Å². The smallest absolute Gasteiger partial charge is 0.372 e. The van der Waals surface area contributed by atoms with E-state index in [1.54, 1.807) is 30.3 Å². The standard InChI is InChI=1S/C19H13ClFNO4/c20-11-3-6-14-13(8-11)18(16(23)9-17(24)19(25)26)15(22-14)7-10-1-4-12(21)5-2-10/h1-6,8,22H,7,9H2,(H,25,26). The molecule has 5 nitrogen and oxygen atoms in total. The summed E-state index contributed by atoms with van der Waals surface area (Å²) < 4.78 is 13.1. The Balaban J connectivity index is 2.06. The monoisotopic (exact) mass is 373 g/mol. The Morgan fingerprint density at radius 1 is 1.08 bits per heavy atom. The molecule has 1 aromatic heterocycles. The van der Waals surface area contributed by atoms with E-state index in [1.807, 2.05) is 0 Å². The molecule has 0 unspecified atom stereocenters. The van der Waals surface area contributed by atoms with Crippen LogP contribution in [-0.4, -0.2) is 27.6 Å². The van der Waals surface area contributed by atoms with Gasteiger partial charge in [0.05, 0.1) is 6.42 Å². The van der Waals surface area contributed by atoms with Crippen molar-refractivity contribution in [2.45, 2.75) is 12.8 Å². The number of carboxylic acids is 1. The molecule has 0 aliphatic carbocycles. The molecular formula is C19H13ClFNO4. The highest BCUT2D eigenvalue weighted by molar-refractivity contribution is 6.38.